The third-order valence-electron chi connectivity index (χ3n) is 5.70. The summed E-state index contributed by atoms with van der Waals surface area (Å²) in [6, 6.07) is 0.0636. The molecule has 3 saturated carbocycles. The van der Waals surface area contributed by atoms with E-state index in [1.54, 1.807) is 0 Å². The van der Waals surface area contributed by atoms with Gasteiger partial charge in [0.05, 0.1) is 0 Å². The molecule has 0 saturated heterocycles. The summed E-state index contributed by atoms with van der Waals surface area (Å²) < 4.78 is 26.2. The summed E-state index contributed by atoms with van der Waals surface area (Å²) in [6.07, 6.45) is 3.58. The zero-order valence-electron chi connectivity index (χ0n) is 11.7. The van der Waals surface area contributed by atoms with Crippen LogP contribution < -0.4 is 5.32 Å². The molecule has 20 heavy (non-hydrogen) atoms. The molecular weight excluding hydrogens is 264 g/mol. The highest BCUT2D eigenvalue weighted by Gasteiger charge is 2.48. The molecule has 1 amide bonds. The first-order chi connectivity index (χ1) is 9.50. The van der Waals surface area contributed by atoms with Crippen molar-refractivity contribution in [3.63, 3.8) is 0 Å². The molecule has 3 aliphatic rings. The lowest BCUT2D eigenvalue weighted by Gasteiger charge is -2.33. The zero-order chi connectivity index (χ0) is 14.3. The normalized spacial score (nSPS) is 40.0. The van der Waals surface area contributed by atoms with Gasteiger partial charge in [0.2, 0.25) is 11.8 Å². The number of aliphatic hydroxyl groups excluding tert-OH is 1. The van der Waals surface area contributed by atoms with Gasteiger partial charge < -0.3 is 10.4 Å². The van der Waals surface area contributed by atoms with E-state index in [0.29, 0.717) is 11.8 Å². The molecule has 0 aromatic rings. The fraction of sp³-hybridized carbons (Fsp3) is 0.933. The standard InChI is InChI=1S/C15H23F2NO2/c16-15(17)5-3-9(4-6-15)14(20)18-13-11-2-1-10(7-11)12(13)8-19/h9-13,19H,1-8H2,(H,18,20). The van der Waals surface area contributed by atoms with Crippen LogP contribution in [0.5, 0.6) is 0 Å². The summed E-state index contributed by atoms with van der Waals surface area (Å²) in [5, 5.41) is 12.6. The van der Waals surface area contributed by atoms with E-state index < -0.39 is 5.92 Å². The van der Waals surface area contributed by atoms with Crippen LogP contribution in [0.3, 0.4) is 0 Å². The number of hydrogen-bond donors (Lipinski definition) is 2. The van der Waals surface area contributed by atoms with Crippen molar-refractivity contribution in [2.45, 2.75) is 56.9 Å². The van der Waals surface area contributed by atoms with E-state index in [-0.39, 0.29) is 56.1 Å². The number of aliphatic hydroxyl groups is 1. The summed E-state index contributed by atoms with van der Waals surface area (Å²) in [4.78, 5) is 12.3. The van der Waals surface area contributed by atoms with Gasteiger partial charge in [-0.25, -0.2) is 8.78 Å². The lowest BCUT2D eigenvalue weighted by atomic mass is 9.83. The van der Waals surface area contributed by atoms with Crippen molar-refractivity contribution in [1.29, 1.82) is 0 Å². The second-order valence-electron chi connectivity index (χ2n) is 6.84. The van der Waals surface area contributed by atoms with Crippen LogP contribution in [0.1, 0.15) is 44.9 Å². The van der Waals surface area contributed by atoms with Crippen molar-refractivity contribution >= 4 is 5.91 Å². The van der Waals surface area contributed by atoms with Crippen LogP contribution in [0.25, 0.3) is 0 Å². The quantitative estimate of drug-likeness (QED) is 0.837. The second-order valence-corrected chi connectivity index (χ2v) is 6.84. The molecule has 4 atom stereocenters. The highest BCUT2D eigenvalue weighted by Crippen LogP contribution is 2.48. The molecule has 0 aliphatic heterocycles. The summed E-state index contributed by atoms with van der Waals surface area (Å²) in [5.41, 5.74) is 0. The molecule has 0 heterocycles. The highest BCUT2D eigenvalue weighted by molar-refractivity contribution is 5.79. The van der Waals surface area contributed by atoms with Crippen molar-refractivity contribution in [2.24, 2.45) is 23.7 Å². The van der Waals surface area contributed by atoms with Crippen molar-refractivity contribution in [3.05, 3.63) is 0 Å². The van der Waals surface area contributed by atoms with Gasteiger partial charge >= 0.3 is 0 Å². The monoisotopic (exact) mass is 287 g/mol. The maximum Gasteiger partial charge on any atom is 0.248 e. The molecule has 0 aromatic heterocycles. The number of hydrogen-bond acceptors (Lipinski definition) is 2. The SMILES string of the molecule is O=C(NC1C2CCC(C2)C1CO)C1CCC(F)(F)CC1. The third kappa shape index (κ3) is 2.57. The first-order valence-corrected chi connectivity index (χ1v) is 7.79. The maximum absolute atomic E-state index is 13.1. The molecule has 2 bridgehead atoms. The first kappa shape index (κ1) is 14.2. The minimum atomic E-state index is -2.59. The minimum Gasteiger partial charge on any atom is -0.396 e. The summed E-state index contributed by atoms with van der Waals surface area (Å²) in [6.45, 7) is 0.120. The van der Waals surface area contributed by atoms with Crippen LogP contribution in [0, 0.1) is 23.7 Å². The second kappa shape index (κ2) is 5.24. The van der Waals surface area contributed by atoms with Gasteiger partial charge in [-0.05, 0) is 43.9 Å². The number of halogens is 2. The fourth-order valence-electron chi connectivity index (χ4n) is 4.48. The highest BCUT2D eigenvalue weighted by atomic mass is 19.3. The van der Waals surface area contributed by atoms with Gasteiger partial charge in [0.1, 0.15) is 0 Å². The number of rotatable bonds is 3. The Bertz CT molecular complexity index is 378. The predicted molar refractivity (Wildman–Crippen MR) is 70.2 cm³/mol. The molecule has 3 fully saturated rings. The Kier molecular flexibility index (Phi) is 3.73. The van der Waals surface area contributed by atoms with Gasteiger partial charge in [-0.1, -0.05) is 0 Å². The summed E-state index contributed by atoms with van der Waals surface area (Å²) >= 11 is 0. The summed E-state index contributed by atoms with van der Waals surface area (Å²) in [5.74, 6) is -1.75. The maximum atomic E-state index is 13.1. The number of amides is 1. The number of nitrogens with one attached hydrogen (secondary N) is 1. The van der Waals surface area contributed by atoms with Gasteiger partial charge in [-0.3, -0.25) is 4.79 Å². The molecule has 3 rings (SSSR count). The van der Waals surface area contributed by atoms with Crippen molar-refractivity contribution in [2.75, 3.05) is 6.61 Å². The Hall–Kier alpha value is -0.710. The lowest BCUT2D eigenvalue weighted by molar-refractivity contribution is -0.130. The van der Waals surface area contributed by atoms with Crippen LogP contribution in [-0.2, 0) is 4.79 Å². The Balaban J connectivity index is 1.57. The third-order valence-corrected chi connectivity index (χ3v) is 5.70. The fourth-order valence-corrected chi connectivity index (χ4v) is 4.48. The molecule has 2 N–H and O–H groups in total. The van der Waals surface area contributed by atoms with Crippen molar-refractivity contribution in [3.8, 4) is 0 Å². The van der Waals surface area contributed by atoms with Crippen LogP contribution >= 0.6 is 0 Å². The number of alkyl halides is 2. The lowest BCUT2D eigenvalue weighted by Crippen LogP contribution is -2.48. The van der Waals surface area contributed by atoms with Crippen LogP contribution in [0.4, 0.5) is 8.78 Å². The number of fused-ring (bicyclic) bond motifs is 2. The molecule has 0 radical (unpaired) electrons. The first-order valence-electron chi connectivity index (χ1n) is 7.79. The smallest absolute Gasteiger partial charge is 0.248 e. The average Bonchev–Trinajstić information content (AvgIpc) is 2.99. The number of carbonyl (C=O) groups is 1. The topological polar surface area (TPSA) is 49.3 Å². The largest absolute Gasteiger partial charge is 0.396 e. The van der Waals surface area contributed by atoms with E-state index in [1.165, 1.54) is 0 Å². The molecular formula is C15H23F2NO2. The van der Waals surface area contributed by atoms with E-state index >= 15 is 0 Å². The Morgan fingerprint density at radius 1 is 1.15 bits per heavy atom. The number of carbonyl (C=O) groups excluding carboxylic acids is 1. The Morgan fingerprint density at radius 2 is 1.80 bits per heavy atom. The molecule has 0 aromatic carbocycles. The van der Waals surface area contributed by atoms with Gasteiger partial charge in [-0.2, -0.15) is 0 Å². The van der Waals surface area contributed by atoms with Crippen LogP contribution in [0.2, 0.25) is 0 Å². The molecule has 0 spiro atoms. The predicted octanol–water partition coefficient (Wildman–Crippen LogP) is 2.34. The van der Waals surface area contributed by atoms with E-state index in [2.05, 4.69) is 5.32 Å². The molecule has 3 nitrogen and oxygen atoms in total. The van der Waals surface area contributed by atoms with E-state index in [0.717, 1.165) is 19.3 Å². The molecule has 3 aliphatic carbocycles. The molecule has 5 heteroatoms. The molecule has 4 unspecified atom stereocenters. The van der Waals surface area contributed by atoms with Crippen LogP contribution in [-0.4, -0.2) is 29.6 Å². The Labute approximate surface area is 118 Å². The molecule has 114 valence electrons. The zero-order valence-corrected chi connectivity index (χ0v) is 11.7. The van der Waals surface area contributed by atoms with E-state index in [4.69, 9.17) is 0 Å². The van der Waals surface area contributed by atoms with Crippen molar-refractivity contribution in [1.82, 2.24) is 5.32 Å². The Morgan fingerprint density at radius 3 is 2.45 bits per heavy atom. The van der Waals surface area contributed by atoms with Crippen LogP contribution in [0.15, 0.2) is 0 Å². The van der Waals surface area contributed by atoms with Gasteiger partial charge in [0.25, 0.3) is 0 Å². The minimum absolute atomic E-state index is 0.0636. The van der Waals surface area contributed by atoms with Crippen molar-refractivity contribution < 1.29 is 18.7 Å². The average molecular weight is 287 g/mol. The van der Waals surface area contributed by atoms with E-state index in [1.807, 2.05) is 0 Å². The van der Waals surface area contributed by atoms with Gasteiger partial charge in [0.15, 0.2) is 0 Å². The van der Waals surface area contributed by atoms with Gasteiger partial charge in [0, 0.05) is 37.3 Å². The van der Waals surface area contributed by atoms with E-state index in [9.17, 15) is 18.7 Å². The summed E-state index contributed by atoms with van der Waals surface area (Å²) in [7, 11) is 0. The van der Waals surface area contributed by atoms with Gasteiger partial charge in [-0.15, -0.1) is 0 Å².